The van der Waals surface area contributed by atoms with Crippen LogP contribution in [0, 0.1) is 0 Å². The lowest BCUT2D eigenvalue weighted by atomic mass is 10.1. The van der Waals surface area contributed by atoms with Crippen LogP contribution in [0.25, 0.3) is 12.2 Å². The number of hydrogen-bond donors (Lipinski definition) is 2. The Bertz CT molecular complexity index is 834. The third-order valence-electron chi connectivity index (χ3n) is 3.33. The van der Waals surface area contributed by atoms with Crippen LogP contribution in [0.15, 0.2) is 54.6 Å². The maximum absolute atomic E-state index is 11.8. The van der Waals surface area contributed by atoms with Gasteiger partial charge in [-0.15, -0.1) is 0 Å². The number of ketones is 1. The van der Waals surface area contributed by atoms with Gasteiger partial charge in [0.25, 0.3) is 0 Å². The highest BCUT2D eigenvalue weighted by Gasteiger charge is 2.04. The number of phenols is 2. The molecule has 0 radical (unpaired) electrons. The number of esters is 1. The van der Waals surface area contributed by atoms with E-state index in [-0.39, 0.29) is 23.9 Å². The highest BCUT2D eigenvalue weighted by molar-refractivity contribution is 5.96. The molecule has 2 aromatic carbocycles. The van der Waals surface area contributed by atoms with E-state index < -0.39 is 5.97 Å². The molecule has 0 bridgehead atoms. The summed E-state index contributed by atoms with van der Waals surface area (Å²) in [5.74, 6) is -0.598. The molecule has 0 unspecified atom stereocenters. The molecule has 0 aromatic heterocycles. The zero-order valence-corrected chi connectivity index (χ0v) is 14.1. The predicted octanol–water partition coefficient (Wildman–Crippen LogP) is 2.95. The smallest absolute Gasteiger partial charge is 0.331 e. The van der Waals surface area contributed by atoms with Gasteiger partial charge in [0.1, 0.15) is 5.75 Å². The van der Waals surface area contributed by atoms with E-state index in [0.717, 1.165) is 0 Å². The lowest BCUT2D eigenvalue weighted by Gasteiger charge is -2.03. The largest absolute Gasteiger partial charge is 0.508 e. The van der Waals surface area contributed by atoms with E-state index in [9.17, 15) is 19.8 Å². The van der Waals surface area contributed by atoms with Gasteiger partial charge < -0.3 is 19.7 Å². The van der Waals surface area contributed by atoms with E-state index >= 15 is 0 Å². The van der Waals surface area contributed by atoms with E-state index in [4.69, 9.17) is 9.47 Å². The second-order valence-electron chi connectivity index (χ2n) is 5.26. The lowest BCUT2D eigenvalue weighted by molar-refractivity contribution is -0.141. The van der Waals surface area contributed by atoms with E-state index in [1.54, 1.807) is 24.3 Å². The molecule has 0 saturated carbocycles. The fourth-order valence-corrected chi connectivity index (χ4v) is 1.98. The fourth-order valence-electron chi connectivity index (χ4n) is 1.98. The van der Waals surface area contributed by atoms with E-state index in [0.29, 0.717) is 16.9 Å². The maximum Gasteiger partial charge on any atom is 0.331 e. The third-order valence-corrected chi connectivity index (χ3v) is 3.33. The minimum absolute atomic E-state index is 0.00493. The molecule has 2 N–H and O–H groups in total. The van der Waals surface area contributed by atoms with Crippen LogP contribution in [0.2, 0.25) is 0 Å². The molecular formula is C20H18O6. The van der Waals surface area contributed by atoms with Crippen molar-refractivity contribution in [2.45, 2.75) is 0 Å². The first kappa shape index (κ1) is 18.8. The Labute approximate surface area is 150 Å². The molecule has 0 aliphatic heterocycles. The van der Waals surface area contributed by atoms with Gasteiger partial charge in [0.15, 0.2) is 23.9 Å². The van der Waals surface area contributed by atoms with Gasteiger partial charge >= 0.3 is 5.97 Å². The average Bonchev–Trinajstić information content (AvgIpc) is 2.65. The van der Waals surface area contributed by atoms with Crippen molar-refractivity contribution in [1.29, 1.82) is 0 Å². The highest BCUT2D eigenvalue weighted by Crippen LogP contribution is 2.26. The van der Waals surface area contributed by atoms with Crippen molar-refractivity contribution in [2.24, 2.45) is 0 Å². The number of ether oxygens (including phenoxy) is 2. The van der Waals surface area contributed by atoms with Crippen LogP contribution in [-0.2, 0) is 14.3 Å². The molecule has 2 rings (SSSR count). The van der Waals surface area contributed by atoms with Crippen molar-refractivity contribution < 1.29 is 29.3 Å². The number of carbonyl (C=O) groups is 2. The Morgan fingerprint density at radius 2 is 1.62 bits per heavy atom. The quantitative estimate of drug-likeness (QED) is 0.587. The number of rotatable bonds is 7. The number of aromatic hydroxyl groups is 2. The van der Waals surface area contributed by atoms with E-state index in [1.807, 2.05) is 0 Å². The zero-order valence-electron chi connectivity index (χ0n) is 14.1. The molecule has 0 spiro atoms. The lowest BCUT2D eigenvalue weighted by Crippen LogP contribution is -2.09. The van der Waals surface area contributed by atoms with Gasteiger partial charge in [0.2, 0.25) is 0 Å². The molecule has 0 fully saturated rings. The second-order valence-corrected chi connectivity index (χ2v) is 5.26. The van der Waals surface area contributed by atoms with Crippen molar-refractivity contribution >= 4 is 23.9 Å². The summed E-state index contributed by atoms with van der Waals surface area (Å²) >= 11 is 0. The van der Waals surface area contributed by atoms with Crippen LogP contribution < -0.4 is 4.74 Å². The Balaban J connectivity index is 1.84. The van der Waals surface area contributed by atoms with Crippen LogP contribution >= 0.6 is 0 Å². The summed E-state index contributed by atoms with van der Waals surface area (Å²) in [6.45, 7) is -0.384. The number of hydrogen-bond acceptors (Lipinski definition) is 6. The summed E-state index contributed by atoms with van der Waals surface area (Å²) in [7, 11) is 1.43. The normalized spacial score (nSPS) is 11.0. The van der Waals surface area contributed by atoms with Crippen LogP contribution in [0.3, 0.4) is 0 Å². The molecule has 0 heterocycles. The Morgan fingerprint density at radius 1 is 0.962 bits per heavy atom. The first-order chi connectivity index (χ1) is 12.5. The monoisotopic (exact) mass is 354 g/mol. The van der Waals surface area contributed by atoms with Crippen LogP contribution in [0.4, 0.5) is 0 Å². The molecule has 6 nitrogen and oxygen atoms in total. The minimum Gasteiger partial charge on any atom is -0.508 e. The van der Waals surface area contributed by atoms with Crippen LogP contribution in [0.1, 0.15) is 11.1 Å². The number of methoxy groups -OCH3 is 1. The van der Waals surface area contributed by atoms with Gasteiger partial charge in [-0.25, -0.2) is 4.79 Å². The number of phenolic OH excluding ortho intramolecular Hbond substituents is 2. The van der Waals surface area contributed by atoms with Crippen molar-refractivity contribution in [3.8, 4) is 17.2 Å². The molecule has 0 atom stereocenters. The van der Waals surface area contributed by atoms with Gasteiger partial charge in [0.05, 0.1) is 7.11 Å². The molecule has 2 aromatic rings. The summed E-state index contributed by atoms with van der Waals surface area (Å²) in [5.41, 5.74) is 1.37. The first-order valence-electron chi connectivity index (χ1n) is 7.69. The molecule has 6 heteroatoms. The average molecular weight is 354 g/mol. The van der Waals surface area contributed by atoms with Crippen molar-refractivity contribution in [2.75, 3.05) is 13.7 Å². The summed E-state index contributed by atoms with van der Waals surface area (Å²) in [6, 6.07) is 10.9. The Kier molecular flexibility index (Phi) is 6.56. The molecule has 26 heavy (non-hydrogen) atoms. The Morgan fingerprint density at radius 3 is 2.31 bits per heavy atom. The van der Waals surface area contributed by atoms with Gasteiger partial charge in [0, 0.05) is 6.08 Å². The number of benzene rings is 2. The molecule has 0 aliphatic carbocycles. The maximum atomic E-state index is 11.8. The summed E-state index contributed by atoms with van der Waals surface area (Å²) in [6.07, 6.45) is 5.53. The predicted molar refractivity (Wildman–Crippen MR) is 96.8 cm³/mol. The molecule has 134 valence electrons. The van der Waals surface area contributed by atoms with E-state index in [2.05, 4.69) is 0 Å². The minimum atomic E-state index is -0.647. The fraction of sp³-hybridized carbons (Fsp3) is 0.100. The molecule has 0 aliphatic rings. The van der Waals surface area contributed by atoms with Crippen molar-refractivity contribution in [1.82, 2.24) is 0 Å². The SMILES string of the molecule is COc1cc(/C=C/C(=O)COC(=O)C=Cc2ccc(O)cc2)ccc1O. The van der Waals surface area contributed by atoms with Gasteiger partial charge in [-0.05, 0) is 47.5 Å². The standard InChI is InChI=1S/C20H18O6/c1-25-19-12-15(5-10-18(19)23)4-9-17(22)13-26-20(24)11-6-14-2-7-16(21)8-3-14/h2-12,21,23H,13H2,1H3/b9-4+,11-6?. The zero-order chi connectivity index (χ0) is 18.9. The summed E-state index contributed by atoms with van der Waals surface area (Å²) in [5, 5.41) is 18.7. The van der Waals surface area contributed by atoms with Gasteiger partial charge in [-0.3, -0.25) is 4.79 Å². The summed E-state index contributed by atoms with van der Waals surface area (Å²) < 4.78 is 9.84. The molecule has 0 amide bonds. The molecule has 0 saturated heterocycles. The Hall–Kier alpha value is -3.54. The van der Waals surface area contributed by atoms with Crippen molar-refractivity contribution in [3.05, 3.63) is 65.7 Å². The first-order valence-corrected chi connectivity index (χ1v) is 7.69. The van der Waals surface area contributed by atoms with Gasteiger partial charge in [-0.1, -0.05) is 24.3 Å². The van der Waals surface area contributed by atoms with E-state index in [1.165, 1.54) is 49.6 Å². The highest BCUT2D eigenvalue weighted by atomic mass is 16.5. The van der Waals surface area contributed by atoms with Crippen LogP contribution in [-0.4, -0.2) is 35.7 Å². The molecular weight excluding hydrogens is 336 g/mol. The third kappa shape index (κ3) is 5.83. The van der Waals surface area contributed by atoms with Gasteiger partial charge in [-0.2, -0.15) is 0 Å². The van der Waals surface area contributed by atoms with Crippen molar-refractivity contribution in [3.63, 3.8) is 0 Å². The summed E-state index contributed by atoms with van der Waals surface area (Å²) in [4.78, 5) is 23.4. The second kappa shape index (κ2) is 9.08. The van der Waals surface area contributed by atoms with Crippen LogP contribution in [0.5, 0.6) is 17.2 Å². The topological polar surface area (TPSA) is 93.1 Å². The number of carbonyl (C=O) groups excluding carboxylic acids is 2.